The van der Waals surface area contributed by atoms with Crippen LogP contribution >= 0.6 is 0 Å². The van der Waals surface area contributed by atoms with Gasteiger partial charge >= 0.3 is 6.18 Å². The van der Waals surface area contributed by atoms with Crippen LogP contribution in [0.2, 0.25) is 0 Å². The molecule has 2 aliphatic heterocycles. The summed E-state index contributed by atoms with van der Waals surface area (Å²) in [4.78, 5) is 24.9. The second-order valence-corrected chi connectivity index (χ2v) is 7.98. The summed E-state index contributed by atoms with van der Waals surface area (Å²) in [5, 5.41) is 0. The summed E-state index contributed by atoms with van der Waals surface area (Å²) in [5.74, 6) is -0.618. The fourth-order valence-electron chi connectivity index (χ4n) is 3.91. The van der Waals surface area contributed by atoms with E-state index in [1.165, 1.54) is 18.3 Å². The van der Waals surface area contributed by atoms with Gasteiger partial charge in [-0.05, 0) is 29.8 Å². The number of carbonyl (C=O) groups is 1. The number of hydrogen-bond donors (Lipinski definition) is 0. The molecule has 1 amide bonds. The number of hydrogen-bond acceptors (Lipinski definition) is 5. The number of carbonyl (C=O) groups excluding carboxylic acids is 1. The average Bonchev–Trinajstić information content (AvgIpc) is 2.79. The topological polar surface area (TPSA) is 52.6 Å². The van der Waals surface area contributed by atoms with Crippen LogP contribution < -0.4 is 0 Å². The molecule has 0 spiro atoms. The third-order valence-electron chi connectivity index (χ3n) is 5.64. The molecule has 2 aliphatic rings. The largest absolute Gasteiger partial charge is 0.433 e. The van der Waals surface area contributed by atoms with Gasteiger partial charge in [0.2, 0.25) is 5.91 Å². The number of allylic oxidation sites excluding steroid dienone is 1. The van der Waals surface area contributed by atoms with Gasteiger partial charge in [0.15, 0.2) is 0 Å². The highest BCUT2D eigenvalue weighted by Gasteiger charge is 2.32. The lowest BCUT2D eigenvalue weighted by molar-refractivity contribution is -0.141. The van der Waals surface area contributed by atoms with Gasteiger partial charge in [-0.15, -0.1) is 0 Å². The molecule has 33 heavy (non-hydrogen) atoms. The number of piperazine rings is 1. The normalized spacial score (nSPS) is 16.8. The monoisotopic (exact) mass is 461 g/mol. The fraction of sp³-hybridized carbons (Fsp3) is 0.348. The molecule has 6 nitrogen and oxygen atoms in total. The van der Waals surface area contributed by atoms with Crippen molar-refractivity contribution >= 4 is 5.91 Å². The lowest BCUT2D eigenvalue weighted by atomic mass is 10.1. The first-order valence-corrected chi connectivity index (χ1v) is 10.5. The van der Waals surface area contributed by atoms with Crippen molar-refractivity contribution < 1.29 is 22.4 Å². The lowest BCUT2D eigenvalue weighted by Gasteiger charge is -2.37. The van der Waals surface area contributed by atoms with Gasteiger partial charge in [-0.2, -0.15) is 13.2 Å². The molecule has 4 heterocycles. The van der Waals surface area contributed by atoms with Crippen LogP contribution in [-0.2, 0) is 17.5 Å². The minimum atomic E-state index is -4.61. The first kappa shape index (κ1) is 22.8. The molecule has 174 valence electrons. The molecular weight excluding hydrogens is 438 g/mol. The van der Waals surface area contributed by atoms with E-state index in [0.29, 0.717) is 31.7 Å². The Morgan fingerprint density at radius 3 is 2.55 bits per heavy atom. The summed E-state index contributed by atoms with van der Waals surface area (Å²) in [7, 11) is 0. The fourth-order valence-corrected chi connectivity index (χ4v) is 3.91. The van der Waals surface area contributed by atoms with Crippen LogP contribution in [0.5, 0.6) is 0 Å². The molecule has 2 aromatic rings. The minimum Gasteiger partial charge on any atom is -0.368 e. The molecule has 0 unspecified atom stereocenters. The summed E-state index contributed by atoms with van der Waals surface area (Å²) in [6.45, 7) is 5.42. The molecule has 0 N–H and O–H groups in total. The van der Waals surface area contributed by atoms with Gasteiger partial charge in [-0.3, -0.25) is 14.8 Å². The van der Waals surface area contributed by atoms with E-state index in [4.69, 9.17) is 0 Å². The average molecular weight is 461 g/mol. The van der Waals surface area contributed by atoms with Crippen LogP contribution in [0.4, 0.5) is 17.6 Å². The standard InChI is InChI=1S/C23H23F4N5O/c1-16(33)31-7-9-32(10-8-31)19-3-2-6-30(15-19)14-17-11-20(24)22(29-13-17)18-4-5-28-21(12-18)23(25,26)27/h2-5,11-13,15H,6-10,14H2,1H3. The summed E-state index contributed by atoms with van der Waals surface area (Å²) in [6, 6.07) is 3.39. The van der Waals surface area contributed by atoms with Crippen LogP contribution in [0.1, 0.15) is 18.2 Å². The van der Waals surface area contributed by atoms with E-state index in [9.17, 15) is 22.4 Å². The number of pyridine rings is 2. The van der Waals surface area contributed by atoms with Crippen molar-refractivity contribution in [2.45, 2.75) is 19.6 Å². The van der Waals surface area contributed by atoms with Crippen molar-refractivity contribution in [2.75, 3.05) is 32.7 Å². The molecule has 2 aromatic heterocycles. The van der Waals surface area contributed by atoms with Crippen molar-refractivity contribution in [1.82, 2.24) is 24.7 Å². The van der Waals surface area contributed by atoms with E-state index in [0.717, 1.165) is 31.0 Å². The molecule has 0 aromatic carbocycles. The first-order chi connectivity index (χ1) is 15.7. The number of alkyl halides is 3. The van der Waals surface area contributed by atoms with Crippen LogP contribution in [0, 0.1) is 5.82 Å². The molecule has 10 heteroatoms. The Kier molecular flexibility index (Phi) is 6.35. The Hall–Kier alpha value is -3.43. The molecule has 0 radical (unpaired) electrons. The van der Waals surface area contributed by atoms with E-state index in [1.807, 2.05) is 28.2 Å². The highest BCUT2D eigenvalue weighted by atomic mass is 19.4. The Balaban J connectivity index is 1.45. The molecule has 0 saturated carbocycles. The second-order valence-electron chi connectivity index (χ2n) is 7.98. The van der Waals surface area contributed by atoms with E-state index >= 15 is 0 Å². The van der Waals surface area contributed by atoms with E-state index in [2.05, 4.69) is 14.9 Å². The van der Waals surface area contributed by atoms with Gasteiger partial charge in [-0.25, -0.2) is 4.39 Å². The number of amides is 1. The maximum atomic E-state index is 14.7. The smallest absolute Gasteiger partial charge is 0.368 e. The van der Waals surface area contributed by atoms with Crippen molar-refractivity contribution in [1.29, 1.82) is 0 Å². The van der Waals surface area contributed by atoms with Gasteiger partial charge in [0.05, 0.1) is 5.70 Å². The third-order valence-corrected chi connectivity index (χ3v) is 5.64. The SMILES string of the molecule is CC(=O)N1CCN(C2=CN(Cc3cnc(-c4ccnc(C(F)(F)F)c4)c(F)c3)CC=C2)CC1. The Morgan fingerprint density at radius 2 is 1.88 bits per heavy atom. The van der Waals surface area contributed by atoms with E-state index in [1.54, 1.807) is 6.92 Å². The molecule has 4 rings (SSSR count). The summed E-state index contributed by atoms with van der Waals surface area (Å²) >= 11 is 0. The van der Waals surface area contributed by atoms with Crippen molar-refractivity contribution in [3.8, 4) is 11.3 Å². The quantitative estimate of drug-likeness (QED) is 0.651. The molecule has 1 saturated heterocycles. The van der Waals surface area contributed by atoms with E-state index < -0.39 is 17.7 Å². The minimum absolute atomic E-state index is 0.0224. The van der Waals surface area contributed by atoms with Crippen LogP contribution in [0.25, 0.3) is 11.3 Å². The Bertz CT molecular complexity index is 1090. The number of halogens is 4. The van der Waals surface area contributed by atoms with Crippen LogP contribution in [-0.4, -0.2) is 63.3 Å². The zero-order valence-electron chi connectivity index (χ0n) is 18.0. The van der Waals surface area contributed by atoms with Crippen molar-refractivity contribution in [3.05, 3.63) is 71.7 Å². The molecule has 0 bridgehead atoms. The van der Waals surface area contributed by atoms with Gasteiger partial charge in [0.25, 0.3) is 0 Å². The Morgan fingerprint density at radius 1 is 1.12 bits per heavy atom. The van der Waals surface area contributed by atoms with Gasteiger partial charge in [-0.1, -0.05) is 6.08 Å². The van der Waals surface area contributed by atoms with Crippen LogP contribution in [0.3, 0.4) is 0 Å². The summed E-state index contributed by atoms with van der Waals surface area (Å²) < 4.78 is 53.5. The van der Waals surface area contributed by atoms with Gasteiger partial charge in [0, 0.05) is 70.3 Å². The van der Waals surface area contributed by atoms with E-state index in [-0.39, 0.29) is 17.2 Å². The van der Waals surface area contributed by atoms with Gasteiger partial charge in [0.1, 0.15) is 17.2 Å². The maximum Gasteiger partial charge on any atom is 0.433 e. The molecule has 0 aliphatic carbocycles. The lowest BCUT2D eigenvalue weighted by Crippen LogP contribution is -2.47. The summed E-state index contributed by atoms with van der Waals surface area (Å²) in [6.07, 6.45) is 3.90. The second kappa shape index (κ2) is 9.21. The maximum absolute atomic E-state index is 14.7. The zero-order valence-corrected chi connectivity index (χ0v) is 18.0. The predicted octanol–water partition coefficient (Wildman–Crippen LogP) is 3.68. The van der Waals surface area contributed by atoms with Gasteiger partial charge < -0.3 is 14.7 Å². The van der Waals surface area contributed by atoms with Crippen molar-refractivity contribution in [3.63, 3.8) is 0 Å². The highest BCUT2D eigenvalue weighted by Crippen LogP contribution is 2.31. The molecule has 1 fully saturated rings. The first-order valence-electron chi connectivity index (χ1n) is 10.5. The number of nitrogens with zero attached hydrogens (tertiary/aromatic N) is 5. The third kappa shape index (κ3) is 5.32. The number of aromatic nitrogens is 2. The number of rotatable bonds is 4. The summed E-state index contributed by atoms with van der Waals surface area (Å²) in [5.41, 5.74) is 0.408. The van der Waals surface area contributed by atoms with Crippen molar-refractivity contribution in [2.24, 2.45) is 0 Å². The Labute approximate surface area is 188 Å². The molecular formula is C23H23F4N5O. The predicted molar refractivity (Wildman–Crippen MR) is 114 cm³/mol. The highest BCUT2D eigenvalue weighted by molar-refractivity contribution is 5.73. The molecule has 0 atom stereocenters. The van der Waals surface area contributed by atoms with Crippen LogP contribution in [0.15, 0.2) is 54.6 Å². The zero-order chi connectivity index (χ0) is 23.6.